The Bertz CT molecular complexity index is 300. The van der Waals surface area contributed by atoms with Crippen LogP contribution in [0.15, 0.2) is 23.8 Å². The van der Waals surface area contributed by atoms with Crippen molar-refractivity contribution in [3.8, 4) is 0 Å². The Hall–Kier alpha value is -1.38. The van der Waals surface area contributed by atoms with E-state index in [9.17, 15) is 9.59 Å². The highest BCUT2D eigenvalue weighted by molar-refractivity contribution is 5.94. The molecule has 0 aromatic rings. The van der Waals surface area contributed by atoms with Crippen LogP contribution in [0.4, 0.5) is 0 Å². The van der Waals surface area contributed by atoms with Gasteiger partial charge in [0, 0.05) is 6.42 Å². The molecule has 3 heteroatoms. The number of aliphatic carboxylic acids is 1. The molecule has 0 saturated heterocycles. The number of rotatable bonds is 4. The maximum absolute atomic E-state index is 11.1. The summed E-state index contributed by atoms with van der Waals surface area (Å²) < 4.78 is 0. The van der Waals surface area contributed by atoms with Gasteiger partial charge in [-0.25, -0.2) is 0 Å². The summed E-state index contributed by atoms with van der Waals surface area (Å²) >= 11 is 0. The van der Waals surface area contributed by atoms with E-state index < -0.39 is 11.9 Å². The third-order valence-electron chi connectivity index (χ3n) is 2.23. The zero-order chi connectivity index (χ0) is 10.6. The fourth-order valence-corrected chi connectivity index (χ4v) is 1.54. The van der Waals surface area contributed by atoms with Gasteiger partial charge in [-0.2, -0.15) is 0 Å². The first kappa shape index (κ1) is 10.7. The molecule has 1 aliphatic carbocycles. The molecular formula is C11H14O3. The van der Waals surface area contributed by atoms with Gasteiger partial charge in [-0.1, -0.05) is 25.5 Å². The number of carbonyl (C=O) groups is 2. The van der Waals surface area contributed by atoms with E-state index in [2.05, 4.69) is 0 Å². The standard InChI is InChI=1S/C11H14O3/c1-2-4-10(11(13)14)8-5-3-6-9(12)7-8/h3,5,7,10H,2,4,6H2,1H3,(H,13,14). The van der Waals surface area contributed by atoms with Crippen molar-refractivity contribution in [3.63, 3.8) is 0 Å². The van der Waals surface area contributed by atoms with Crippen molar-refractivity contribution in [2.75, 3.05) is 0 Å². The molecule has 76 valence electrons. The molecular weight excluding hydrogens is 180 g/mol. The summed E-state index contributed by atoms with van der Waals surface area (Å²) in [4.78, 5) is 22.0. The first-order valence-corrected chi connectivity index (χ1v) is 4.79. The van der Waals surface area contributed by atoms with Crippen LogP contribution in [-0.4, -0.2) is 16.9 Å². The Labute approximate surface area is 83.1 Å². The van der Waals surface area contributed by atoms with E-state index in [1.807, 2.05) is 6.92 Å². The smallest absolute Gasteiger partial charge is 0.310 e. The summed E-state index contributed by atoms with van der Waals surface area (Å²) in [6.07, 6.45) is 6.70. The van der Waals surface area contributed by atoms with Gasteiger partial charge in [0.2, 0.25) is 0 Å². The monoisotopic (exact) mass is 194 g/mol. The quantitative estimate of drug-likeness (QED) is 0.744. The largest absolute Gasteiger partial charge is 0.481 e. The van der Waals surface area contributed by atoms with Gasteiger partial charge >= 0.3 is 5.97 Å². The Morgan fingerprint density at radius 3 is 2.86 bits per heavy atom. The molecule has 0 radical (unpaired) electrons. The molecule has 1 N–H and O–H groups in total. The minimum Gasteiger partial charge on any atom is -0.481 e. The lowest BCUT2D eigenvalue weighted by Gasteiger charge is -2.14. The highest BCUT2D eigenvalue weighted by Crippen LogP contribution is 2.21. The highest BCUT2D eigenvalue weighted by Gasteiger charge is 2.21. The average Bonchev–Trinajstić information content (AvgIpc) is 2.13. The van der Waals surface area contributed by atoms with Crippen LogP contribution in [-0.2, 0) is 9.59 Å². The normalized spacial score (nSPS) is 17.8. The lowest BCUT2D eigenvalue weighted by molar-refractivity contribution is -0.140. The van der Waals surface area contributed by atoms with Crippen molar-refractivity contribution in [2.45, 2.75) is 26.2 Å². The molecule has 0 aliphatic heterocycles. The summed E-state index contributed by atoms with van der Waals surface area (Å²) in [5.41, 5.74) is 0.635. The molecule has 1 unspecified atom stereocenters. The fourth-order valence-electron chi connectivity index (χ4n) is 1.54. The number of allylic oxidation sites excluding steroid dienone is 3. The molecule has 0 aromatic heterocycles. The van der Waals surface area contributed by atoms with Crippen LogP contribution in [0.2, 0.25) is 0 Å². The molecule has 0 saturated carbocycles. The van der Waals surface area contributed by atoms with E-state index >= 15 is 0 Å². The highest BCUT2D eigenvalue weighted by atomic mass is 16.4. The van der Waals surface area contributed by atoms with Crippen LogP contribution < -0.4 is 0 Å². The minimum atomic E-state index is -0.850. The summed E-state index contributed by atoms with van der Waals surface area (Å²) in [6, 6.07) is 0. The SMILES string of the molecule is CCCC(C(=O)O)C1=CC(=O)CC=C1. The molecule has 0 fully saturated rings. The second-order valence-corrected chi connectivity index (χ2v) is 3.40. The van der Waals surface area contributed by atoms with Crippen molar-refractivity contribution >= 4 is 11.8 Å². The molecule has 1 rings (SSSR count). The molecule has 1 aliphatic rings. The molecule has 0 aromatic carbocycles. The van der Waals surface area contributed by atoms with Crippen LogP contribution in [0.25, 0.3) is 0 Å². The van der Waals surface area contributed by atoms with Crippen molar-refractivity contribution in [1.82, 2.24) is 0 Å². The summed E-state index contributed by atoms with van der Waals surface area (Å²) in [6.45, 7) is 1.94. The fraction of sp³-hybridized carbons (Fsp3) is 0.455. The number of hydrogen-bond acceptors (Lipinski definition) is 2. The summed E-state index contributed by atoms with van der Waals surface area (Å²) in [5, 5.41) is 8.96. The van der Waals surface area contributed by atoms with Gasteiger partial charge in [-0.15, -0.1) is 0 Å². The zero-order valence-electron chi connectivity index (χ0n) is 8.19. The number of carbonyl (C=O) groups excluding carboxylic acids is 1. The van der Waals surface area contributed by atoms with Crippen LogP contribution >= 0.6 is 0 Å². The first-order valence-electron chi connectivity index (χ1n) is 4.79. The van der Waals surface area contributed by atoms with Crippen LogP contribution in [0, 0.1) is 5.92 Å². The Morgan fingerprint density at radius 1 is 1.64 bits per heavy atom. The van der Waals surface area contributed by atoms with Gasteiger partial charge in [0.15, 0.2) is 5.78 Å². The number of carboxylic acids is 1. The molecule has 0 amide bonds. The Balaban J connectivity index is 2.82. The molecule has 0 spiro atoms. The van der Waals surface area contributed by atoms with Gasteiger partial charge in [0.1, 0.15) is 0 Å². The van der Waals surface area contributed by atoms with Crippen molar-refractivity contribution < 1.29 is 14.7 Å². The predicted molar refractivity (Wildman–Crippen MR) is 52.9 cm³/mol. The molecule has 14 heavy (non-hydrogen) atoms. The van der Waals surface area contributed by atoms with E-state index in [4.69, 9.17) is 5.11 Å². The van der Waals surface area contributed by atoms with Gasteiger partial charge in [0.05, 0.1) is 5.92 Å². The van der Waals surface area contributed by atoms with E-state index in [1.165, 1.54) is 6.08 Å². The van der Waals surface area contributed by atoms with Gasteiger partial charge < -0.3 is 5.11 Å². The summed E-state index contributed by atoms with van der Waals surface area (Å²) in [5.74, 6) is -1.39. The third kappa shape index (κ3) is 2.55. The molecule has 1 atom stereocenters. The maximum atomic E-state index is 11.1. The lowest BCUT2D eigenvalue weighted by atomic mass is 9.90. The second kappa shape index (κ2) is 4.74. The number of ketones is 1. The number of carboxylic acid groups (broad SMARTS) is 1. The topological polar surface area (TPSA) is 54.4 Å². The maximum Gasteiger partial charge on any atom is 0.310 e. The Morgan fingerprint density at radius 2 is 2.36 bits per heavy atom. The molecule has 0 bridgehead atoms. The third-order valence-corrected chi connectivity index (χ3v) is 2.23. The van der Waals surface area contributed by atoms with E-state index in [1.54, 1.807) is 12.2 Å². The first-order chi connectivity index (χ1) is 6.65. The second-order valence-electron chi connectivity index (χ2n) is 3.40. The van der Waals surface area contributed by atoms with Crippen LogP contribution in [0.1, 0.15) is 26.2 Å². The van der Waals surface area contributed by atoms with E-state index in [-0.39, 0.29) is 5.78 Å². The Kier molecular flexibility index (Phi) is 3.63. The minimum absolute atomic E-state index is 0.00940. The lowest BCUT2D eigenvalue weighted by Crippen LogP contribution is -2.17. The van der Waals surface area contributed by atoms with Crippen molar-refractivity contribution in [1.29, 1.82) is 0 Å². The zero-order valence-corrected chi connectivity index (χ0v) is 8.19. The van der Waals surface area contributed by atoms with Crippen LogP contribution in [0.3, 0.4) is 0 Å². The van der Waals surface area contributed by atoms with Gasteiger partial charge in [-0.3, -0.25) is 9.59 Å². The van der Waals surface area contributed by atoms with Gasteiger partial charge in [-0.05, 0) is 18.1 Å². The van der Waals surface area contributed by atoms with Crippen molar-refractivity contribution in [3.05, 3.63) is 23.8 Å². The van der Waals surface area contributed by atoms with E-state index in [0.29, 0.717) is 18.4 Å². The van der Waals surface area contributed by atoms with E-state index in [0.717, 1.165) is 6.42 Å². The van der Waals surface area contributed by atoms with Crippen molar-refractivity contribution in [2.24, 2.45) is 5.92 Å². The average molecular weight is 194 g/mol. The molecule has 0 heterocycles. The summed E-state index contributed by atoms with van der Waals surface area (Å²) in [7, 11) is 0. The molecule has 3 nitrogen and oxygen atoms in total. The van der Waals surface area contributed by atoms with Crippen LogP contribution in [0.5, 0.6) is 0 Å². The number of hydrogen-bond donors (Lipinski definition) is 1. The predicted octanol–water partition coefficient (Wildman–Crippen LogP) is 1.94. The van der Waals surface area contributed by atoms with Gasteiger partial charge in [0.25, 0.3) is 0 Å².